The Hall–Kier alpha value is -2.37. The summed E-state index contributed by atoms with van der Waals surface area (Å²) in [5.41, 5.74) is 3.26. The van der Waals surface area contributed by atoms with Crippen molar-refractivity contribution in [1.29, 1.82) is 0 Å². The van der Waals surface area contributed by atoms with E-state index in [4.69, 9.17) is 4.74 Å². The van der Waals surface area contributed by atoms with Crippen molar-refractivity contribution in [2.75, 3.05) is 19.8 Å². The molecule has 0 spiro atoms. The standard InChI is InChI=1S/C21H26N2O3/c24-13-12-20(23-21(25)22-15-19-7-4-14-26-19)18-10-8-17(9-11-18)16-5-2-1-3-6-16/h1-3,5-6,8-11,19-20,24H,4,7,12-15H2,(H2,22,23,25)/t19?,20-/m0/s1. The zero-order chi connectivity index (χ0) is 18.2. The fourth-order valence-corrected chi connectivity index (χ4v) is 3.21. The summed E-state index contributed by atoms with van der Waals surface area (Å²) in [5.74, 6) is 0. The van der Waals surface area contributed by atoms with E-state index in [1.54, 1.807) is 0 Å². The summed E-state index contributed by atoms with van der Waals surface area (Å²) < 4.78 is 5.51. The number of hydrogen-bond acceptors (Lipinski definition) is 3. The largest absolute Gasteiger partial charge is 0.396 e. The maximum Gasteiger partial charge on any atom is 0.315 e. The predicted molar refractivity (Wildman–Crippen MR) is 102 cm³/mol. The second-order valence-corrected chi connectivity index (χ2v) is 6.54. The van der Waals surface area contributed by atoms with Crippen LogP contribution in [0.2, 0.25) is 0 Å². The number of nitrogens with one attached hydrogen (secondary N) is 2. The zero-order valence-corrected chi connectivity index (χ0v) is 14.9. The number of hydrogen-bond donors (Lipinski definition) is 3. The van der Waals surface area contributed by atoms with E-state index in [2.05, 4.69) is 22.8 Å². The molecule has 0 bridgehead atoms. The number of rotatable bonds is 7. The Morgan fingerprint density at radius 3 is 2.50 bits per heavy atom. The lowest BCUT2D eigenvalue weighted by Crippen LogP contribution is -2.41. The van der Waals surface area contributed by atoms with Crippen LogP contribution in [-0.2, 0) is 4.74 Å². The molecule has 1 aliphatic heterocycles. The first-order valence-electron chi connectivity index (χ1n) is 9.18. The van der Waals surface area contributed by atoms with Crippen LogP contribution in [0.5, 0.6) is 0 Å². The number of benzene rings is 2. The fraction of sp³-hybridized carbons (Fsp3) is 0.381. The number of amides is 2. The molecule has 2 atom stereocenters. The molecule has 138 valence electrons. The van der Waals surface area contributed by atoms with Gasteiger partial charge in [0, 0.05) is 19.8 Å². The van der Waals surface area contributed by atoms with E-state index in [9.17, 15) is 9.90 Å². The highest BCUT2D eigenvalue weighted by Crippen LogP contribution is 2.23. The van der Waals surface area contributed by atoms with Crippen LogP contribution in [0, 0.1) is 0 Å². The predicted octanol–water partition coefficient (Wildman–Crippen LogP) is 3.26. The number of aliphatic hydroxyl groups excluding tert-OH is 1. The van der Waals surface area contributed by atoms with Gasteiger partial charge < -0.3 is 20.5 Å². The highest BCUT2D eigenvalue weighted by molar-refractivity contribution is 5.74. The lowest BCUT2D eigenvalue weighted by molar-refractivity contribution is 0.111. The van der Waals surface area contributed by atoms with Gasteiger partial charge in [0.05, 0.1) is 12.1 Å². The molecule has 3 N–H and O–H groups in total. The highest BCUT2D eigenvalue weighted by atomic mass is 16.5. The van der Waals surface area contributed by atoms with Crippen molar-refractivity contribution in [3.05, 3.63) is 60.2 Å². The molecule has 5 nitrogen and oxygen atoms in total. The third-order valence-corrected chi connectivity index (χ3v) is 4.66. The Kier molecular flexibility index (Phi) is 6.63. The van der Waals surface area contributed by atoms with Crippen LogP contribution >= 0.6 is 0 Å². The van der Waals surface area contributed by atoms with Crippen LogP contribution in [0.15, 0.2) is 54.6 Å². The molecule has 0 saturated carbocycles. The average molecular weight is 354 g/mol. The van der Waals surface area contributed by atoms with Gasteiger partial charge in [-0.3, -0.25) is 0 Å². The summed E-state index contributed by atoms with van der Waals surface area (Å²) in [6.45, 7) is 1.30. The van der Waals surface area contributed by atoms with Crippen molar-refractivity contribution in [3.63, 3.8) is 0 Å². The van der Waals surface area contributed by atoms with E-state index >= 15 is 0 Å². The first kappa shape index (κ1) is 18.4. The first-order valence-corrected chi connectivity index (χ1v) is 9.18. The van der Waals surface area contributed by atoms with E-state index < -0.39 is 0 Å². The maximum absolute atomic E-state index is 12.2. The topological polar surface area (TPSA) is 70.6 Å². The lowest BCUT2D eigenvalue weighted by atomic mass is 9.99. The molecule has 0 aromatic heterocycles. The van der Waals surface area contributed by atoms with Gasteiger partial charge in [-0.2, -0.15) is 0 Å². The van der Waals surface area contributed by atoms with Crippen LogP contribution < -0.4 is 10.6 Å². The minimum absolute atomic E-state index is 0.0110. The maximum atomic E-state index is 12.2. The SMILES string of the molecule is O=C(NCC1CCCO1)N[C@@H](CCO)c1ccc(-c2ccccc2)cc1. The van der Waals surface area contributed by atoms with Gasteiger partial charge in [0.15, 0.2) is 0 Å². The van der Waals surface area contributed by atoms with Crippen molar-refractivity contribution in [2.45, 2.75) is 31.4 Å². The zero-order valence-electron chi connectivity index (χ0n) is 14.9. The molecule has 0 radical (unpaired) electrons. The molecule has 26 heavy (non-hydrogen) atoms. The van der Waals surface area contributed by atoms with E-state index in [1.807, 2.05) is 42.5 Å². The quantitative estimate of drug-likeness (QED) is 0.715. The van der Waals surface area contributed by atoms with Crippen LogP contribution in [0.4, 0.5) is 4.79 Å². The molecule has 1 heterocycles. The fourth-order valence-electron chi connectivity index (χ4n) is 3.21. The number of urea groups is 1. The summed E-state index contributed by atoms with van der Waals surface area (Å²) >= 11 is 0. The molecular weight excluding hydrogens is 328 g/mol. The summed E-state index contributed by atoms with van der Waals surface area (Å²) in [6, 6.07) is 17.8. The normalized spacial score (nSPS) is 17.7. The van der Waals surface area contributed by atoms with E-state index in [-0.39, 0.29) is 24.8 Å². The van der Waals surface area contributed by atoms with Gasteiger partial charge in [0.1, 0.15) is 0 Å². The smallest absolute Gasteiger partial charge is 0.315 e. The Morgan fingerprint density at radius 1 is 1.12 bits per heavy atom. The van der Waals surface area contributed by atoms with Gasteiger partial charge in [0.2, 0.25) is 0 Å². The Balaban J connectivity index is 1.60. The molecule has 2 aromatic rings. The van der Waals surface area contributed by atoms with E-state index in [0.29, 0.717) is 13.0 Å². The summed E-state index contributed by atoms with van der Waals surface area (Å²) in [7, 11) is 0. The van der Waals surface area contributed by atoms with Gasteiger partial charge in [-0.15, -0.1) is 0 Å². The lowest BCUT2D eigenvalue weighted by Gasteiger charge is -2.20. The highest BCUT2D eigenvalue weighted by Gasteiger charge is 2.18. The number of aliphatic hydroxyl groups is 1. The second kappa shape index (κ2) is 9.36. The van der Waals surface area contributed by atoms with E-state index in [0.717, 1.165) is 36.1 Å². The Labute approximate surface area is 154 Å². The number of carbonyl (C=O) groups is 1. The average Bonchev–Trinajstić information content (AvgIpc) is 3.21. The van der Waals surface area contributed by atoms with Gasteiger partial charge in [-0.1, -0.05) is 54.6 Å². The molecule has 2 amide bonds. The third kappa shape index (κ3) is 5.07. The van der Waals surface area contributed by atoms with E-state index in [1.165, 1.54) is 0 Å². The van der Waals surface area contributed by atoms with Gasteiger partial charge >= 0.3 is 6.03 Å². The molecule has 1 saturated heterocycles. The van der Waals surface area contributed by atoms with Crippen molar-refractivity contribution in [1.82, 2.24) is 10.6 Å². The molecule has 3 rings (SSSR count). The third-order valence-electron chi connectivity index (χ3n) is 4.66. The molecule has 1 aliphatic rings. The first-order chi connectivity index (χ1) is 12.8. The number of carbonyl (C=O) groups excluding carboxylic acids is 1. The Morgan fingerprint density at radius 2 is 1.85 bits per heavy atom. The molecule has 1 unspecified atom stereocenters. The number of ether oxygens (including phenoxy) is 1. The second-order valence-electron chi connectivity index (χ2n) is 6.54. The molecule has 1 fully saturated rings. The molecule has 2 aromatic carbocycles. The van der Waals surface area contributed by atoms with Crippen LogP contribution in [0.25, 0.3) is 11.1 Å². The minimum Gasteiger partial charge on any atom is -0.396 e. The van der Waals surface area contributed by atoms with Gasteiger partial charge in [-0.05, 0) is 36.0 Å². The molecule has 0 aliphatic carbocycles. The monoisotopic (exact) mass is 354 g/mol. The summed E-state index contributed by atoms with van der Waals surface area (Å²) in [5, 5.41) is 15.2. The van der Waals surface area contributed by atoms with Gasteiger partial charge in [-0.25, -0.2) is 4.79 Å². The van der Waals surface area contributed by atoms with Crippen LogP contribution in [-0.4, -0.2) is 37.0 Å². The minimum atomic E-state index is -0.230. The summed E-state index contributed by atoms with van der Waals surface area (Å²) in [6.07, 6.45) is 2.62. The van der Waals surface area contributed by atoms with Gasteiger partial charge in [0.25, 0.3) is 0 Å². The molecule has 5 heteroatoms. The van der Waals surface area contributed by atoms with Crippen molar-refractivity contribution < 1.29 is 14.6 Å². The van der Waals surface area contributed by atoms with Crippen LogP contribution in [0.3, 0.4) is 0 Å². The Bertz CT molecular complexity index is 682. The van der Waals surface area contributed by atoms with Crippen LogP contribution in [0.1, 0.15) is 30.9 Å². The van der Waals surface area contributed by atoms with Crippen molar-refractivity contribution in [3.8, 4) is 11.1 Å². The van der Waals surface area contributed by atoms with Crippen molar-refractivity contribution >= 4 is 6.03 Å². The van der Waals surface area contributed by atoms with Crippen molar-refractivity contribution in [2.24, 2.45) is 0 Å². The molecular formula is C21H26N2O3. The summed E-state index contributed by atoms with van der Waals surface area (Å²) in [4.78, 5) is 12.2.